The highest BCUT2D eigenvalue weighted by atomic mass is 32.1. The number of aryl methyl sites for hydroxylation is 1. The summed E-state index contributed by atoms with van der Waals surface area (Å²) in [5.74, 6) is -0.0896. The number of nitrogens with zero attached hydrogens (tertiary/aromatic N) is 4. The number of hydrogen-bond acceptors (Lipinski definition) is 5. The van der Waals surface area contributed by atoms with Gasteiger partial charge >= 0.3 is 5.97 Å². The number of aliphatic carboxylic acids is 1. The second-order valence-electron chi connectivity index (χ2n) is 5.78. The molecule has 0 fully saturated rings. The number of carboxylic acids is 1. The van der Waals surface area contributed by atoms with Gasteiger partial charge in [-0.25, -0.2) is 9.67 Å². The van der Waals surface area contributed by atoms with Crippen molar-refractivity contribution in [1.82, 2.24) is 19.1 Å². The Kier molecular flexibility index (Phi) is 3.64. The molecule has 20 heavy (non-hydrogen) atoms. The van der Waals surface area contributed by atoms with Crippen LogP contribution >= 0.6 is 11.5 Å². The molecule has 0 bridgehead atoms. The first-order chi connectivity index (χ1) is 9.20. The Bertz CT molecular complexity index is 652. The Morgan fingerprint density at radius 1 is 1.35 bits per heavy atom. The smallest absolute Gasteiger partial charge is 0.307 e. The molecule has 0 spiro atoms. The van der Waals surface area contributed by atoms with Crippen molar-refractivity contribution in [3.8, 4) is 5.13 Å². The van der Waals surface area contributed by atoms with Gasteiger partial charge in [-0.3, -0.25) is 4.79 Å². The summed E-state index contributed by atoms with van der Waals surface area (Å²) in [6, 6.07) is 0. The molecule has 0 aliphatic heterocycles. The summed E-state index contributed by atoms with van der Waals surface area (Å²) in [5.41, 5.74) is 2.15. The van der Waals surface area contributed by atoms with Gasteiger partial charge in [0, 0.05) is 28.2 Å². The Morgan fingerprint density at radius 2 is 2.00 bits per heavy atom. The van der Waals surface area contributed by atoms with Gasteiger partial charge in [-0.2, -0.15) is 9.47 Å². The van der Waals surface area contributed by atoms with Gasteiger partial charge in [0.2, 0.25) is 5.13 Å². The molecule has 0 unspecified atom stereocenters. The van der Waals surface area contributed by atoms with Crippen LogP contribution < -0.4 is 0 Å². The molecule has 2 aromatic rings. The van der Waals surface area contributed by atoms with Gasteiger partial charge in [-0.15, -0.1) is 0 Å². The largest absolute Gasteiger partial charge is 0.481 e. The van der Waals surface area contributed by atoms with Crippen molar-refractivity contribution >= 4 is 17.5 Å². The van der Waals surface area contributed by atoms with Gasteiger partial charge in [-0.05, 0) is 13.8 Å². The highest BCUT2D eigenvalue weighted by Gasteiger charge is 2.22. The van der Waals surface area contributed by atoms with Crippen LogP contribution in [0.25, 0.3) is 5.13 Å². The molecule has 1 N–H and O–H groups in total. The van der Waals surface area contributed by atoms with Crippen molar-refractivity contribution < 1.29 is 9.90 Å². The second-order valence-corrected chi connectivity index (χ2v) is 6.51. The number of carbonyl (C=O) groups is 1. The lowest BCUT2D eigenvalue weighted by Crippen LogP contribution is -2.13. The number of hydrogen-bond donors (Lipinski definition) is 1. The lowest BCUT2D eigenvalue weighted by molar-refractivity contribution is -0.136. The van der Waals surface area contributed by atoms with Crippen LogP contribution in [0.15, 0.2) is 0 Å². The maximum atomic E-state index is 10.9. The number of carboxylic acid groups (broad SMARTS) is 1. The van der Waals surface area contributed by atoms with Crippen molar-refractivity contribution in [2.75, 3.05) is 0 Å². The van der Waals surface area contributed by atoms with E-state index in [2.05, 4.69) is 35.2 Å². The Labute approximate surface area is 121 Å². The topological polar surface area (TPSA) is 80.9 Å². The third kappa shape index (κ3) is 2.72. The maximum Gasteiger partial charge on any atom is 0.307 e. The van der Waals surface area contributed by atoms with Crippen molar-refractivity contribution in [3.63, 3.8) is 0 Å². The highest BCUT2D eigenvalue weighted by Crippen LogP contribution is 2.24. The van der Waals surface area contributed by atoms with E-state index in [9.17, 15) is 4.79 Å². The Balaban J connectivity index is 2.44. The van der Waals surface area contributed by atoms with E-state index in [1.807, 2.05) is 13.8 Å². The first-order valence-electron chi connectivity index (χ1n) is 6.31. The molecule has 0 aliphatic carbocycles. The minimum atomic E-state index is -0.858. The Morgan fingerprint density at radius 3 is 2.50 bits per heavy atom. The van der Waals surface area contributed by atoms with Crippen LogP contribution in [-0.4, -0.2) is 30.2 Å². The van der Waals surface area contributed by atoms with Crippen LogP contribution in [0.4, 0.5) is 0 Å². The van der Waals surface area contributed by atoms with E-state index in [1.165, 1.54) is 11.5 Å². The van der Waals surface area contributed by atoms with Crippen LogP contribution in [-0.2, 0) is 16.6 Å². The van der Waals surface area contributed by atoms with Gasteiger partial charge in [0.05, 0.1) is 12.1 Å². The van der Waals surface area contributed by atoms with Gasteiger partial charge in [0.1, 0.15) is 5.82 Å². The summed E-state index contributed by atoms with van der Waals surface area (Å²) in [6.45, 7) is 9.82. The predicted molar refractivity (Wildman–Crippen MR) is 76.5 cm³/mol. The van der Waals surface area contributed by atoms with E-state index < -0.39 is 5.97 Å². The second kappa shape index (κ2) is 4.97. The lowest BCUT2D eigenvalue weighted by Gasteiger charge is -2.12. The van der Waals surface area contributed by atoms with Crippen LogP contribution in [0.3, 0.4) is 0 Å². The number of aromatic nitrogens is 4. The molecule has 6 nitrogen and oxygen atoms in total. The predicted octanol–water partition coefficient (Wildman–Crippen LogP) is 2.27. The average Bonchev–Trinajstić information content (AvgIpc) is 2.88. The molecule has 2 rings (SSSR count). The zero-order chi connectivity index (χ0) is 15.1. The summed E-state index contributed by atoms with van der Waals surface area (Å²) >= 11 is 1.28. The monoisotopic (exact) mass is 294 g/mol. The fraction of sp³-hybridized carbons (Fsp3) is 0.538. The summed E-state index contributed by atoms with van der Waals surface area (Å²) in [5, 5.41) is 14.0. The number of rotatable bonds is 3. The third-order valence-electron chi connectivity index (χ3n) is 3.04. The molecule has 2 heterocycles. The lowest BCUT2D eigenvalue weighted by atomic mass is 9.96. The standard InChI is InChI=1S/C13H18N4O2S/c1-7-9(6-10(18)19)8(2)17(15-7)12-14-11(16-20-12)13(3,4)5/h6H2,1-5H3,(H,18,19). The minimum Gasteiger partial charge on any atom is -0.481 e. The molecule has 0 saturated heterocycles. The van der Waals surface area contributed by atoms with Crippen LogP contribution in [0.1, 0.15) is 43.5 Å². The zero-order valence-electron chi connectivity index (χ0n) is 12.3. The van der Waals surface area contributed by atoms with Crippen LogP contribution in [0.2, 0.25) is 0 Å². The zero-order valence-corrected chi connectivity index (χ0v) is 13.1. The fourth-order valence-electron chi connectivity index (χ4n) is 1.87. The van der Waals surface area contributed by atoms with Gasteiger partial charge in [-0.1, -0.05) is 20.8 Å². The summed E-state index contributed by atoms with van der Waals surface area (Å²) < 4.78 is 6.04. The van der Waals surface area contributed by atoms with Crippen molar-refractivity contribution in [3.05, 3.63) is 22.8 Å². The van der Waals surface area contributed by atoms with E-state index in [1.54, 1.807) is 4.68 Å². The van der Waals surface area contributed by atoms with Gasteiger partial charge < -0.3 is 5.11 Å². The molecular weight excluding hydrogens is 276 g/mol. The summed E-state index contributed by atoms with van der Waals surface area (Å²) in [6.07, 6.45) is -0.0252. The molecule has 7 heteroatoms. The maximum absolute atomic E-state index is 10.9. The van der Waals surface area contributed by atoms with Gasteiger partial charge in [0.15, 0.2) is 0 Å². The molecular formula is C13H18N4O2S. The first-order valence-corrected chi connectivity index (χ1v) is 7.09. The van der Waals surface area contributed by atoms with E-state index in [4.69, 9.17) is 5.11 Å². The van der Waals surface area contributed by atoms with E-state index in [0.717, 1.165) is 22.8 Å². The summed E-state index contributed by atoms with van der Waals surface area (Å²) in [7, 11) is 0. The van der Waals surface area contributed by atoms with Crippen molar-refractivity contribution in [2.45, 2.75) is 46.5 Å². The van der Waals surface area contributed by atoms with E-state index in [0.29, 0.717) is 5.13 Å². The molecule has 0 atom stereocenters. The highest BCUT2D eigenvalue weighted by molar-refractivity contribution is 7.08. The SMILES string of the molecule is Cc1nn(-c2nc(C(C)(C)C)ns2)c(C)c1CC(=O)O. The van der Waals surface area contributed by atoms with E-state index in [-0.39, 0.29) is 11.8 Å². The Hall–Kier alpha value is -1.76. The summed E-state index contributed by atoms with van der Waals surface area (Å²) in [4.78, 5) is 15.4. The third-order valence-corrected chi connectivity index (χ3v) is 3.73. The molecule has 0 aliphatic rings. The molecule has 108 valence electrons. The van der Waals surface area contributed by atoms with E-state index >= 15 is 0 Å². The molecule has 0 radical (unpaired) electrons. The first kappa shape index (κ1) is 14.6. The average molecular weight is 294 g/mol. The fourth-order valence-corrected chi connectivity index (χ4v) is 2.74. The van der Waals surface area contributed by atoms with Crippen molar-refractivity contribution in [2.24, 2.45) is 0 Å². The molecule has 0 saturated carbocycles. The molecule has 2 aromatic heterocycles. The van der Waals surface area contributed by atoms with Gasteiger partial charge in [0.25, 0.3) is 0 Å². The molecule has 0 aromatic carbocycles. The molecule has 0 amide bonds. The van der Waals surface area contributed by atoms with Crippen molar-refractivity contribution in [1.29, 1.82) is 0 Å². The normalized spacial score (nSPS) is 11.8. The van der Waals surface area contributed by atoms with Crippen LogP contribution in [0.5, 0.6) is 0 Å². The minimum absolute atomic E-state index is 0.0252. The van der Waals surface area contributed by atoms with Crippen LogP contribution in [0, 0.1) is 13.8 Å². The quantitative estimate of drug-likeness (QED) is 0.939.